The van der Waals surface area contributed by atoms with Crippen molar-refractivity contribution in [1.82, 2.24) is 5.32 Å². The molecule has 0 atom stereocenters. The number of carbonyl (C=O) groups is 2. The maximum absolute atomic E-state index is 12.5. The number of carbonyl (C=O) groups excluding carboxylic acids is 2. The number of nitrogens with one attached hydrogen (secondary N) is 1. The van der Waals surface area contributed by atoms with Gasteiger partial charge in [-0.3, -0.25) is 9.59 Å². The van der Waals surface area contributed by atoms with Crippen LogP contribution in [0.4, 0.5) is 0 Å². The van der Waals surface area contributed by atoms with Gasteiger partial charge in [-0.05, 0) is 65.7 Å². The van der Waals surface area contributed by atoms with Crippen molar-refractivity contribution in [3.8, 4) is 28.7 Å². The number of ether oxygens (including phenoxy) is 5. The average Bonchev–Trinajstić information content (AvgIpc) is 3.37. The summed E-state index contributed by atoms with van der Waals surface area (Å²) in [5, 5.41) is 2.80. The fourth-order valence-electron chi connectivity index (χ4n) is 3.39. The van der Waals surface area contributed by atoms with Gasteiger partial charge in [-0.2, -0.15) is 0 Å². The van der Waals surface area contributed by atoms with Crippen molar-refractivity contribution in [1.29, 1.82) is 0 Å². The Hall–Kier alpha value is -4.46. The van der Waals surface area contributed by atoms with Gasteiger partial charge in [0.25, 0.3) is 5.91 Å². The summed E-state index contributed by atoms with van der Waals surface area (Å²) in [6.07, 6.45) is 3.19. The molecule has 1 amide bonds. The van der Waals surface area contributed by atoms with Gasteiger partial charge < -0.3 is 29.0 Å². The van der Waals surface area contributed by atoms with Crippen molar-refractivity contribution in [3.05, 3.63) is 83.4 Å². The van der Waals surface area contributed by atoms with Crippen molar-refractivity contribution < 1.29 is 33.3 Å². The van der Waals surface area contributed by atoms with E-state index >= 15 is 0 Å². The van der Waals surface area contributed by atoms with Crippen molar-refractivity contribution >= 4 is 17.8 Å². The van der Waals surface area contributed by atoms with Gasteiger partial charge in [0.1, 0.15) is 5.75 Å². The molecule has 35 heavy (non-hydrogen) atoms. The van der Waals surface area contributed by atoms with E-state index in [1.165, 1.54) is 6.08 Å². The molecule has 1 heterocycles. The standard InChI is InChI=1S/C27H25NO7/c1-31-23-11-4-18(13-25(23)32-2)3-10-22(29)20-6-8-21(9-7-20)33-16-27(30)28-15-19-5-12-24-26(14-19)35-17-34-24/h3-14H,15-17H2,1-2H3,(H,28,30)/b10-3+. The first-order valence-corrected chi connectivity index (χ1v) is 10.9. The first-order chi connectivity index (χ1) is 17.1. The fourth-order valence-corrected chi connectivity index (χ4v) is 3.39. The Balaban J connectivity index is 1.25. The lowest BCUT2D eigenvalue weighted by molar-refractivity contribution is -0.123. The van der Waals surface area contributed by atoms with Crippen molar-refractivity contribution in [2.75, 3.05) is 27.6 Å². The summed E-state index contributed by atoms with van der Waals surface area (Å²) in [6.45, 7) is 0.410. The lowest BCUT2D eigenvalue weighted by Gasteiger charge is -2.08. The molecule has 3 aromatic carbocycles. The third-order valence-electron chi connectivity index (χ3n) is 5.27. The summed E-state index contributed by atoms with van der Waals surface area (Å²) in [7, 11) is 3.13. The molecule has 0 aromatic heterocycles. The second-order valence-electron chi connectivity index (χ2n) is 7.59. The molecular formula is C27H25NO7. The minimum absolute atomic E-state index is 0.142. The van der Waals surface area contributed by atoms with Crippen LogP contribution in [0.1, 0.15) is 21.5 Å². The van der Waals surface area contributed by atoms with Crippen LogP contribution < -0.4 is 29.0 Å². The molecule has 0 aliphatic carbocycles. The number of amides is 1. The smallest absolute Gasteiger partial charge is 0.258 e. The molecule has 0 bridgehead atoms. The number of fused-ring (bicyclic) bond motifs is 1. The summed E-state index contributed by atoms with van der Waals surface area (Å²) in [5.41, 5.74) is 2.20. The molecule has 8 heteroatoms. The highest BCUT2D eigenvalue weighted by molar-refractivity contribution is 6.06. The summed E-state index contributed by atoms with van der Waals surface area (Å²) >= 11 is 0. The van der Waals surface area contributed by atoms with Crippen LogP contribution in [-0.2, 0) is 11.3 Å². The van der Waals surface area contributed by atoms with Crippen LogP contribution in [0.5, 0.6) is 28.7 Å². The SMILES string of the molecule is COc1ccc(/C=C/C(=O)c2ccc(OCC(=O)NCc3ccc4c(c3)OCO4)cc2)cc1OC. The molecule has 0 spiro atoms. The lowest BCUT2D eigenvalue weighted by atomic mass is 10.1. The van der Waals surface area contributed by atoms with E-state index in [9.17, 15) is 9.59 Å². The van der Waals surface area contributed by atoms with Gasteiger partial charge in [0.05, 0.1) is 14.2 Å². The largest absolute Gasteiger partial charge is 0.493 e. The van der Waals surface area contributed by atoms with Crippen LogP contribution in [-0.4, -0.2) is 39.3 Å². The van der Waals surface area contributed by atoms with E-state index in [-0.39, 0.29) is 25.1 Å². The van der Waals surface area contributed by atoms with Gasteiger partial charge in [-0.1, -0.05) is 18.2 Å². The zero-order valence-corrected chi connectivity index (χ0v) is 19.4. The number of methoxy groups -OCH3 is 2. The minimum Gasteiger partial charge on any atom is -0.493 e. The van der Waals surface area contributed by atoms with Crippen molar-refractivity contribution in [3.63, 3.8) is 0 Å². The number of ketones is 1. The zero-order chi connectivity index (χ0) is 24.6. The molecule has 1 aliphatic rings. The first-order valence-electron chi connectivity index (χ1n) is 10.9. The van der Waals surface area contributed by atoms with Gasteiger partial charge >= 0.3 is 0 Å². The fraction of sp³-hybridized carbons (Fsp3) is 0.185. The summed E-state index contributed by atoms with van der Waals surface area (Å²) in [4.78, 5) is 24.6. The molecule has 1 aliphatic heterocycles. The van der Waals surface area contributed by atoms with Gasteiger partial charge in [0.15, 0.2) is 35.4 Å². The second-order valence-corrected chi connectivity index (χ2v) is 7.59. The maximum atomic E-state index is 12.5. The number of benzene rings is 3. The third kappa shape index (κ3) is 6.11. The summed E-state index contributed by atoms with van der Waals surface area (Å²) < 4.78 is 26.6. The van der Waals surface area contributed by atoms with E-state index in [0.29, 0.717) is 40.9 Å². The molecule has 8 nitrogen and oxygen atoms in total. The summed E-state index contributed by atoms with van der Waals surface area (Å²) in [5.74, 6) is 2.64. The number of rotatable bonds is 10. The topological polar surface area (TPSA) is 92.3 Å². The molecule has 1 N–H and O–H groups in total. The van der Waals surface area contributed by atoms with Crippen LogP contribution in [0.25, 0.3) is 6.08 Å². The molecular weight excluding hydrogens is 450 g/mol. The van der Waals surface area contributed by atoms with Gasteiger partial charge in [-0.15, -0.1) is 0 Å². The molecule has 4 rings (SSSR count). The molecule has 180 valence electrons. The first kappa shape index (κ1) is 23.7. The predicted octanol–water partition coefficient (Wildman–Crippen LogP) is 4.02. The zero-order valence-electron chi connectivity index (χ0n) is 19.4. The molecule has 3 aromatic rings. The van der Waals surface area contributed by atoms with Crippen molar-refractivity contribution in [2.45, 2.75) is 6.54 Å². The van der Waals surface area contributed by atoms with Gasteiger partial charge in [-0.25, -0.2) is 0 Å². The summed E-state index contributed by atoms with van der Waals surface area (Å²) in [6, 6.07) is 17.5. The van der Waals surface area contributed by atoms with E-state index in [1.807, 2.05) is 24.3 Å². The highest BCUT2D eigenvalue weighted by Gasteiger charge is 2.13. The molecule has 0 saturated heterocycles. The van der Waals surface area contributed by atoms with Crippen LogP contribution in [0, 0.1) is 0 Å². The van der Waals surface area contributed by atoms with E-state index in [0.717, 1.165) is 11.1 Å². The van der Waals surface area contributed by atoms with E-state index < -0.39 is 0 Å². The van der Waals surface area contributed by atoms with Crippen LogP contribution >= 0.6 is 0 Å². The number of hydrogen-bond acceptors (Lipinski definition) is 7. The molecule has 0 fully saturated rings. The minimum atomic E-state index is -0.263. The Bertz CT molecular complexity index is 1230. The Labute approximate surface area is 203 Å². The monoisotopic (exact) mass is 475 g/mol. The highest BCUT2D eigenvalue weighted by Crippen LogP contribution is 2.32. The second kappa shape index (κ2) is 11.1. The Morgan fingerprint density at radius 2 is 1.69 bits per heavy atom. The van der Waals surface area contributed by atoms with Gasteiger partial charge in [0, 0.05) is 12.1 Å². The Morgan fingerprint density at radius 3 is 2.46 bits per heavy atom. The van der Waals surface area contributed by atoms with E-state index in [4.69, 9.17) is 23.7 Å². The number of hydrogen-bond donors (Lipinski definition) is 1. The van der Waals surface area contributed by atoms with Crippen LogP contribution in [0.3, 0.4) is 0 Å². The number of allylic oxidation sites excluding steroid dienone is 1. The molecule has 0 unspecified atom stereocenters. The average molecular weight is 475 g/mol. The maximum Gasteiger partial charge on any atom is 0.258 e. The Morgan fingerprint density at radius 1 is 0.914 bits per heavy atom. The van der Waals surface area contributed by atoms with Crippen LogP contribution in [0.2, 0.25) is 0 Å². The van der Waals surface area contributed by atoms with Crippen molar-refractivity contribution in [2.24, 2.45) is 0 Å². The van der Waals surface area contributed by atoms with Crippen LogP contribution in [0.15, 0.2) is 66.7 Å². The van der Waals surface area contributed by atoms with E-state index in [2.05, 4.69) is 5.32 Å². The van der Waals surface area contributed by atoms with E-state index in [1.54, 1.807) is 56.7 Å². The third-order valence-corrected chi connectivity index (χ3v) is 5.27. The Kier molecular flexibility index (Phi) is 7.52. The highest BCUT2D eigenvalue weighted by atomic mass is 16.7. The quantitative estimate of drug-likeness (QED) is 0.350. The normalized spacial score (nSPS) is 11.8. The predicted molar refractivity (Wildman–Crippen MR) is 129 cm³/mol. The lowest BCUT2D eigenvalue weighted by Crippen LogP contribution is -2.28. The molecule has 0 saturated carbocycles. The van der Waals surface area contributed by atoms with Gasteiger partial charge in [0.2, 0.25) is 6.79 Å². The molecule has 0 radical (unpaired) electrons.